The van der Waals surface area contributed by atoms with Crippen molar-refractivity contribution in [3.8, 4) is 11.1 Å². The van der Waals surface area contributed by atoms with Crippen molar-refractivity contribution in [3.05, 3.63) is 58.7 Å². The lowest BCUT2D eigenvalue weighted by Gasteiger charge is -2.27. The van der Waals surface area contributed by atoms with E-state index in [4.69, 9.17) is 0 Å². The van der Waals surface area contributed by atoms with Crippen LogP contribution in [0.1, 0.15) is 84.6 Å². The van der Waals surface area contributed by atoms with Crippen LogP contribution in [0.5, 0.6) is 0 Å². The highest BCUT2D eigenvalue weighted by atomic mass is 14.4. The first kappa shape index (κ1) is 20.5. The van der Waals surface area contributed by atoms with E-state index in [9.17, 15) is 0 Å². The molecule has 132 valence electrons. The summed E-state index contributed by atoms with van der Waals surface area (Å²) in [7, 11) is 0. The number of aryl methyl sites for hydroxylation is 1. The fourth-order valence-corrected chi connectivity index (χ4v) is 3.87. The first-order valence-corrected chi connectivity index (χ1v) is 9.49. The van der Waals surface area contributed by atoms with E-state index in [1.165, 1.54) is 33.4 Å². The van der Waals surface area contributed by atoms with E-state index in [-0.39, 0.29) is 10.8 Å². The van der Waals surface area contributed by atoms with Crippen LogP contribution < -0.4 is 0 Å². The van der Waals surface area contributed by atoms with E-state index in [1.807, 2.05) is 27.7 Å². The zero-order valence-corrected chi connectivity index (χ0v) is 17.5. The summed E-state index contributed by atoms with van der Waals surface area (Å²) in [5.41, 5.74) is 9.05. The van der Waals surface area contributed by atoms with Crippen molar-refractivity contribution in [1.29, 1.82) is 0 Å². The van der Waals surface area contributed by atoms with Crippen molar-refractivity contribution in [2.75, 3.05) is 0 Å². The number of rotatable bonds is 0. The normalized spacial score (nSPS) is 13.8. The van der Waals surface area contributed by atoms with Gasteiger partial charge in [0.15, 0.2) is 0 Å². The second kappa shape index (κ2) is 7.55. The zero-order valence-electron chi connectivity index (χ0n) is 17.5. The van der Waals surface area contributed by atoms with Crippen molar-refractivity contribution in [2.45, 2.75) is 80.1 Å². The molecule has 0 N–H and O–H groups in total. The topological polar surface area (TPSA) is 0 Å². The molecule has 0 heteroatoms. The maximum absolute atomic E-state index is 2.35. The van der Waals surface area contributed by atoms with Gasteiger partial charge in [-0.2, -0.15) is 0 Å². The van der Waals surface area contributed by atoms with Crippen molar-refractivity contribution >= 4 is 0 Å². The first-order valence-electron chi connectivity index (χ1n) is 9.49. The standard InChI is InChI=1S/C20H24.2C2H6/c1-13-11-12-16-17(18(13)19(2,3)4)14-9-7-8-10-15(14)20(16,5)6;2*1-2/h7-12H,1-6H3;2*1-2H3. The molecular formula is C24H36. The zero-order chi connectivity index (χ0) is 18.7. The minimum atomic E-state index is 0.111. The molecule has 0 amide bonds. The van der Waals surface area contributed by atoms with Gasteiger partial charge in [0.2, 0.25) is 0 Å². The molecule has 0 nitrogen and oxygen atoms in total. The van der Waals surface area contributed by atoms with Crippen LogP contribution in [0.3, 0.4) is 0 Å². The quantitative estimate of drug-likeness (QED) is 0.467. The molecule has 0 spiro atoms. The molecule has 0 saturated heterocycles. The number of hydrogen-bond acceptors (Lipinski definition) is 0. The van der Waals surface area contributed by atoms with Crippen LogP contribution in [0.2, 0.25) is 0 Å². The first-order chi connectivity index (χ1) is 11.2. The van der Waals surface area contributed by atoms with Gasteiger partial charge in [0.05, 0.1) is 0 Å². The monoisotopic (exact) mass is 324 g/mol. The van der Waals surface area contributed by atoms with E-state index < -0.39 is 0 Å². The molecule has 0 bridgehead atoms. The van der Waals surface area contributed by atoms with E-state index in [1.54, 1.807) is 0 Å². The fourth-order valence-electron chi connectivity index (χ4n) is 3.87. The molecule has 1 aliphatic rings. The minimum absolute atomic E-state index is 0.111. The SMILES string of the molecule is CC.CC.Cc1ccc2c(c1C(C)(C)C)-c1ccccc1C2(C)C. The molecule has 0 aliphatic heterocycles. The van der Waals surface area contributed by atoms with Gasteiger partial charge in [0.1, 0.15) is 0 Å². The molecule has 0 fully saturated rings. The van der Waals surface area contributed by atoms with Gasteiger partial charge in [0.25, 0.3) is 0 Å². The number of benzene rings is 2. The van der Waals surface area contributed by atoms with Crippen molar-refractivity contribution in [2.24, 2.45) is 0 Å². The Hall–Kier alpha value is -1.56. The lowest BCUT2D eigenvalue weighted by Crippen LogP contribution is -2.18. The molecule has 2 aromatic rings. The average molecular weight is 325 g/mol. The predicted octanol–water partition coefficient (Wildman–Crippen LogP) is 7.65. The molecule has 0 unspecified atom stereocenters. The van der Waals surface area contributed by atoms with Gasteiger partial charge in [-0.05, 0) is 45.7 Å². The van der Waals surface area contributed by atoms with E-state index in [0.717, 1.165) is 0 Å². The third-order valence-electron chi connectivity index (χ3n) is 4.71. The summed E-state index contributed by atoms with van der Waals surface area (Å²) < 4.78 is 0. The third kappa shape index (κ3) is 3.29. The highest BCUT2D eigenvalue weighted by Crippen LogP contribution is 2.52. The summed E-state index contributed by atoms with van der Waals surface area (Å²) >= 11 is 0. The average Bonchev–Trinajstić information content (AvgIpc) is 2.78. The lowest BCUT2D eigenvalue weighted by atomic mass is 9.77. The van der Waals surface area contributed by atoms with E-state index in [2.05, 4.69) is 77.9 Å². The van der Waals surface area contributed by atoms with E-state index >= 15 is 0 Å². The van der Waals surface area contributed by atoms with Crippen molar-refractivity contribution in [1.82, 2.24) is 0 Å². The summed E-state index contributed by atoms with van der Waals surface area (Å²) in [6.45, 7) is 21.9. The molecule has 0 saturated carbocycles. The van der Waals surface area contributed by atoms with E-state index in [0.29, 0.717) is 0 Å². The van der Waals surface area contributed by atoms with Crippen molar-refractivity contribution < 1.29 is 0 Å². The number of hydrogen-bond donors (Lipinski definition) is 0. The largest absolute Gasteiger partial charge is 0.0683 e. The highest BCUT2D eigenvalue weighted by Gasteiger charge is 2.38. The fraction of sp³-hybridized carbons (Fsp3) is 0.500. The Morgan fingerprint density at radius 1 is 0.750 bits per heavy atom. The van der Waals surface area contributed by atoms with Gasteiger partial charge in [-0.1, -0.05) is 98.7 Å². The summed E-state index contributed by atoms with van der Waals surface area (Å²) in [4.78, 5) is 0. The summed E-state index contributed by atoms with van der Waals surface area (Å²) in [6, 6.07) is 13.5. The summed E-state index contributed by atoms with van der Waals surface area (Å²) in [5.74, 6) is 0. The molecule has 3 rings (SSSR count). The maximum Gasteiger partial charge on any atom is 0.0158 e. The van der Waals surface area contributed by atoms with Crippen LogP contribution in [0, 0.1) is 6.92 Å². The predicted molar refractivity (Wildman–Crippen MR) is 110 cm³/mol. The Balaban J connectivity index is 0.000000671. The van der Waals surface area contributed by atoms with Crippen LogP contribution in [0.4, 0.5) is 0 Å². The van der Waals surface area contributed by atoms with Crippen molar-refractivity contribution in [3.63, 3.8) is 0 Å². The van der Waals surface area contributed by atoms with Crippen LogP contribution in [-0.2, 0) is 10.8 Å². The Morgan fingerprint density at radius 2 is 1.29 bits per heavy atom. The molecule has 0 radical (unpaired) electrons. The molecule has 0 heterocycles. The van der Waals surface area contributed by atoms with Gasteiger partial charge >= 0.3 is 0 Å². The molecule has 24 heavy (non-hydrogen) atoms. The lowest BCUT2D eigenvalue weighted by molar-refractivity contribution is 0.585. The Bertz CT molecular complexity index is 682. The van der Waals surface area contributed by atoms with Crippen LogP contribution >= 0.6 is 0 Å². The Kier molecular flexibility index (Phi) is 6.45. The van der Waals surface area contributed by atoms with Gasteiger partial charge in [-0.25, -0.2) is 0 Å². The van der Waals surface area contributed by atoms with Crippen LogP contribution in [-0.4, -0.2) is 0 Å². The molecular weight excluding hydrogens is 288 g/mol. The molecule has 0 atom stereocenters. The highest BCUT2D eigenvalue weighted by molar-refractivity contribution is 5.84. The second-order valence-corrected chi connectivity index (χ2v) is 7.60. The third-order valence-corrected chi connectivity index (χ3v) is 4.71. The van der Waals surface area contributed by atoms with Crippen LogP contribution in [0.15, 0.2) is 36.4 Å². The maximum atomic E-state index is 2.35. The van der Waals surface area contributed by atoms with Gasteiger partial charge < -0.3 is 0 Å². The molecule has 0 aromatic heterocycles. The van der Waals surface area contributed by atoms with Crippen LogP contribution in [0.25, 0.3) is 11.1 Å². The van der Waals surface area contributed by atoms with Gasteiger partial charge in [0, 0.05) is 5.41 Å². The number of fused-ring (bicyclic) bond motifs is 3. The Morgan fingerprint density at radius 3 is 1.83 bits per heavy atom. The molecule has 2 aromatic carbocycles. The Labute approximate surface area is 150 Å². The van der Waals surface area contributed by atoms with Gasteiger partial charge in [-0.15, -0.1) is 0 Å². The second-order valence-electron chi connectivity index (χ2n) is 7.60. The minimum Gasteiger partial charge on any atom is -0.0683 e. The molecule has 1 aliphatic carbocycles. The summed E-state index contributed by atoms with van der Waals surface area (Å²) in [5, 5.41) is 0. The van der Waals surface area contributed by atoms with Gasteiger partial charge in [-0.3, -0.25) is 0 Å². The smallest absolute Gasteiger partial charge is 0.0158 e. The summed E-state index contributed by atoms with van der Waals surface area (Å²) in [6.07, 6.45) is 0.